The van der Waals surface area contributed by atoms with Crippen molar-refractivity contribution in [3.8, 4) is 0 Å². The first-order valence-corrected chi connectivity index (χ1v) is 6.21. The van der Waals surface area contributed by atoms with Gasteiger partial charge >= 0.3 is 0 Å². The average molecular weight is 255 g/mol. The van der Waals surface area contributed by atoms with Crippen LogP contribution < -0.4 is 5.32 Å². The number of nitrogens with one attached hydrogen (secondary N) is 1. The minimum Gasteiger partial charge on any atom is -0.320 e. The number of aromatic nitrogens is 2. The average Bonchev–Trinajstić information content (AvgIpc) is 2.84. The third kappa shape index (κ3) is 2.08. The fourth-order valence-corrected chi connectivity index (χ4v) is 2.45. The van der Waals surface area contributed by atoms with Crippen molar-refractivity contribution in [3.05, 3.63) is 53.8 Å². The van der Waals surface area contributed by atoms with E-state index in [1.807, 2.05) is 24.3 Å². The number of benzene rings is 1. The zero-order chi connectivity index (χ0) is 12.4. The Balaban J connectivity index is 1.88. The Bertz CT molecular complexity index is 661. The molecule has 3 rings (SSSR count). The van der Waals surface area contributed by atoms with Gasteiger partial charge in [-0.1, -0.05) is 12.1 Å². The highest BCUT2D eigenvalue weighted by molar-refractivity contribution is 7.20. The number of para-hydroxylation sites is 1. The van der Waals surface area contributed by atoms with Crippen LogP contribution in [0.4, 0.5) is 5.69 Å². The van der Waals surface area contributed by atoms with Gasteiger partial charge in [-0.3, -0.25) is 9.78 Å². The lowest BCUT2D eigenvalue weighted by molar-refractivity contribution is 0.102. The molecule has 0 aliphatic carbocycles. The molecule has 2 aromatic heterocycles. The highest BCUT2D eigenvalue weighted by Crippen LogP contribution is 2.22. The molecule has 0 radical (unpaired) electrons. The van der Waals surface area contributed by atoms with E-state index in [0.717, 1.165) is 10.2 Å². The number of carbonyl (C=O) groups excluding carboxylic acids is 1. The molecule has 0 bridgehead atoms. The Kier molecular flexibility index (Phi) is 2.74. The first kappa shape index (κ1) is 10.9. The Hall–Kier alpha value is -2.27. The molecule has 0 aliphatic rings. The van der Waals surface area contributed by atoms with Gasteiger partial charge in [0, 0.05) is 18.1 Å². The van der Waals surface area contributed by atoms with Crippen molar-refractivity contribution in [2.24, 2.45) is 0 Å². The van der Waals surface area contributed by atoms with E-state index >= 15 is 0 Å². The summed E-state index contributed by atoms with van der Waals surface area (Å²) in [5.74, 6) is -0.192. The van der Waals surface area contributed by atoms with Crippen LogP contribution in [0.1, 0.15) is 9.80 Å². The number of fused-ring (bicyclic) bond motifs is 1. The van der Waals surface area contributed by atoms with Crippen LogP contribution in [0.2, 0.25) is 0 Å². The Morgan fingerprint density at radius 1 is 1.11 bits per heavy atom. The molecule has 18 heavy (non-hydrogen) atoms. The van der Waals surface area contributed by atoms with E-state index in [0.29, 0.717) is 10.7 Å². The predicted octanol–water partition coefficient (Wildman–Crippen LogP) is 2.94. The summed E-state index contributed by atoms with van der Waals surface area (Å²) in [7, 11) is 0. The molecule has 2 heterocycles. The molecule has 0 unspecified atom stereocenters. The number of pyridine rings is 1. The van der Waals surface area contributed by atoms with Crippen LogP contribution in [0.25, 0.3) is 10.2 Å². The predicted molar refractivity (Wildman–Crippen MR) is 71.8 cm³/mol. The molecule has 1 aromatic carbocycles. The second-order valence-corrected chi connectivity index (χ2v) is 4.71. The minimum atomic E-state index is -0.192. The molecular formula is C13H9N3OS. The summed E-state index contributed by atoms with van der Waals surface area (Å²) in [6.07, 6.45) is 3.27. The van der Waals surface area contributed by atoms with Gasteiger partial charge in [0.05, 0.1) is 10.2 Å². The highest BCUT2D eigenvalue weighted by atomic mass is 32.1. The molecule has 0 fully saturated rings. The third-order valence-electron chi connectivity index (χ3n) is 2.43. The topological polar surface area (TPSA) is 54.9 Å². The largest absolute Gasteiger partial charge is 0.320 e. The second kappa shape index (κ2) is 4.54. The van der Waals surface area contributed by atoms with Crippen molar-refractivity contribution in [2.45, 2.75) is 0 Å². The lowest BCUT2D eigenvalue weighted by Crippen LogP contribution is -2.11. The summed E-state index contributed by atoms with van der Waals surface area (Å²) in [6, 6.07) is 11.2. The summed E-state index contributed by atoms with van der Waals surface area (Å²) in [5, 5.41) is 3.25. The van der Waals surface area contributed by atoms with E-state index < -0.39 is 0 Å². The fraction of sp³-hybridized carbons (Fsp3) is 0. The maximum absolute atomic E-state index is 12.0. The highest BCUT2D eigenvalue weighted by Gasteiger charge is 2.11. The zero-order valence-electron chi connectivity index (χ0n) is 9.33. The fourth-order valence-electron chi connectivity index (χ4n) is 1.59. The lowest BCUT2D eigenvalue weighted by atomic mass is 10.3. The molecule has 4 nitrogen and oxygen atoms in total. The molecule has 1 amide bonds. The van der Waals surface area contributed by atoms with Crippen molar-refractivity contribution in [3.63, 3.8) is 0 Å². The third-order valence-corrected chi connectivity index (χ3v) is 3.46. The number of carbonyl (C=O) groups is 1. The number of anilines is 1. The van der Waals surface area contributed by atoms with Gasteiger partial charge in [-0.05, 0) is 24.3 Å². The van der Waals surface area contributed by atoms with Crippen molar-refractivity contribution in [1.82, 2.24) is 9.97 Å². The van der Waals surface area contributed by atoms with E-state index in [-0.39, 0.29) is 5.91 Å². The van der Waals surface area contributed by atoms with Crippen LogP contribution in [0, 0.1) is 0 Å². The number of hydrogen-bond acceptors (Lipinski definition) is 4. The van der Waals surface area contributed by atoms with Crippen molar-refractivity contribution in [1.29, 1.82) is 0 Å². The Morgan fingerprint density at radius 2 is 1.89 bits per heavy atom. The van der Waals surface area contributed by atoms with Gasteiger partial charge in [-0.15, -0.1) is 11.3 Å². The molecule has 3 aromatic rings. The Labute approximate surface area is 107 Å². The van der Waals surface area contributed by atoms with E-state index in [2.05, 4.69) is 15.3 Å². The molecule has 88 valence electrons. The first-order valence-electron chi connectivity index (χ1n) is 5.40. The van der Waals surface area contributed by atoms with Gasteiger partial charge in [-0.2, -0.15) is 0 Å². The van der Waals surface area contributed by atoms with E-state index in [1.54, 1.807) is 24.5 Å². The number of hydrogen-bond donors (Lipinski definition) is 1. The lowest BCUT2D eigenvalue weighted by Gasteiger charge is -2.00. The van der Waals surface area contributed by atoms with E-state index in [4.69, 9.17) is 0 Å². The summed E-state index contributed by atoms with van der Waals surface area (Å²) in [5.41, 5.74) is 1.57. The van der Waals surface area contributed by atoms with Crippen LogP contribution in [0.15, 0.2) is 48.8 Å². The summed E-state index contributed by atoms with van der Waals surface area (Å²) in [6.45, 7) is 0. The van der Waals surface area contributed by atoms with Gasteiger partial charge in [0.1, 0.15) is 0 Å². The number of amides is 1. The minimum absolute atomic E-state index is 0.192. The molecule has 0 saturated carbocycles. The number of thiazole rings is 1. The van der Waals surface area contributed by atoms with Gasteiger partial charge in [0.2, 0.25) is 0 Å². The quantitative estimate of drug-likeness (QED) is 0.766. The number of nitrogens with zero attached hydrogens (tertiary/aromatic N) is 2. The molecule has 0 aliphatic heterocycles. The first-order chi connectivity index (χ1) is 8.83. The smallest absolute Gasteiger partial charge is 0.284 e. The van der Waals surface area contributed by atoms with Crippen molar-refractivity contribution < 1.29 is 4.79 Å². The standard InChI is InChI=1S/C13H9N3OS/c17-12(15-9-5-7-14-8-6-9)13-16-10-3-1-2-4-11(10)18-13/h1-8H,(H,14,15,17). The van der Waals surface area contributed by atoms with E-state index in [1.165, 1.54) is 11.3 Å². The summed E-state index contributed by atoms with van der Waals surface area (Å²) >= 11 is 1.39. The van der Waals surface area contributed by atoms with Crippen molar-refractivity contribution >= 4 is 33.1 Å². The van der Waals surface area contributed by atoms with Crippen LogP contribution in [0.5, 0.6) is 0 Å². The van der Waals surface area contributed by atoms with Gasteiger partial charge in [-0.25, -0.2) is 4.98 Å². The SMILES string of the molecule is O=C(Nc1ccncc1)c1nc2ccccc2s1. The Morgan fingerprint density at radius 3 is 2.67 bits per heavy atom. The van der Waals surface area contributed by atoms with Crippen LogP contribution in [0.3, 0.4) is 0 Å². The van der Waals surface area contributed by atoms with Crippen LogP contribution in [-0.2, 0) is 0 Å². The monoisotopic (exact) mass is 255 g/mol. The van der Waals surface area contributed by atoms with E-state index in [9.17, 15) is 4.79 Å². The molecular weight excluding hydrogens is 246 g/mol. The molecule has 0 spiro atoms. The normalized spacial score (nSPS) is 10.4. The maximum Gasteiger partial charge on any atom is 0.284 e. The zero-order valence-corrected chi connectivity index (χ0v) is 10.1. The number of rotatable bonds is 2. The summed E-state index contributed by atoms with van der Waals surface area (Å²) in [4.78, 5) is 20.2. The maximum atomic E-state index is 12.0. The molecule has 0 saturated heterocycles. The summed E-state index contributed by atoms with van der Waals surface area (Å²) < 4.78 is 1.01. The molecule has 1 N–H and O–H groups in total. The van der Waals surface area contributed by atoms with Crippen molar-refractivity contribution in [2.75, 3.05) is 5.32 Å². The van der Waals surface area contributed by atoms with Gasteiger partial charge in [0.15, 0.2) is 5.01 Å². The van der Waals surface area contributed by atoms with Crippen LogP contribution >= 0.6 is 11.3 Å². The molecule has 5 heteroatoms. The molecule has 0 atom stereocenters. The second-order valence-electron chi connectivity index (χ2n) is 3.68. The van der Waals surface area contributed by atoms with Gasteiger partial charge < -0.3 is 5.32 Å². The van der Waals surface area contributed by atoms with Crippen LogP contribution in [-0.4, -0.2) is 15.9 Å². The van der Waals surface area contributed by atoms with Gasteiger partial charge in [0.25, 0.3) is 5.91 Å².